The summed E-state index contributed by atoms with van der Waals surface area (Å²) in [5.41, 5.74) is 0.489. The van der Waals surface area contributed by atoms with Gasteiger partial charge in [0.25, 0.3) is 0 Å². The number of hydrogen-bond donors (Lipinski definition) is 0. The van der Waals surface area contributed by atoms with Crippen LogP contribution in [0.15, 0.2) is 18.2 Å². The molecule has 1 aromatic carbocycles. The van der Waals surface area contributed by atoms with Gasteiger partial charge in [0.1, 0.15) is 18.4 Å². The van der Waals surface area contributed by atoms with E-state index in [0.29, 0.717) is 29.5 Å². The Bertz CT molecular complexity index is 387. The van der Waals surface area contributed by atoms with E-state index in [0.717, 1.165) is 19.4 Å². The van der Waals surface area contributed by atoms with Crippen LogP contribution in [0.2, 0.25) is 5.02 Å². The van der Waals surface area contributed by atoms with E-state index in [9.17, 15) is 0 Å². The highest BCUT2D eigenvalue weighted by Gasteiger charge is 2.03. The largest absolute Gasteiger partial charge is 0.490 e. The monoisotopic (exact) mass is 253 g/mol. The Kier molecular flexibility index (Phi) is 6.46. The van der Waals surface area contributed by atoms with Crippen molar-refractivity contribution in [1.29, 1.82) is 5.26 Å². The molecule has 3 nitrogen and oxygen atoms in total. The summed E-state index contributed by atoms with van der Waals surface area (Å²) in [4.78, 5) is 0. The highest BCUT2D eigenvalue weighted by atomic mass is 35.5. The molecule has 1 rings (SSSR count). The number of benzene rings is 1. The molecule has 0 radical (unpaired) electrons. The van der Waals surface area contributed by atoms with E-state index in [1.54, 1.807) is 18.2 Å². The summed E-state index contributed by atoms with van der Waals surface area (Å²) in [6.07, 6.45) is 2.17. The molecular weight excluding hydrogens is 238 g/mol. The molecule has 0 aliphatic heterocycles. The Morgan fingerprint density at radius 1 is 1.29 bits per heavy atom. The fourth-order valence-electron chi connectivity index (χ4n) is 1.27. The van der Waals surface area contributed by atoms with Crippen molar-refractivity contribution in [3.63, 3.8) is 0 Å². The second-order valence-electron chi connectivity index (χ2n) is 3.57. The number of nitriles is 1. The second kappa shape index (κ2) is 7.94. The summed E-state index contributed by atoms with van der Waals surface area (Å²) >= 11 is 5.83. The lowest BCUT2D eigenvalue weighted by molar-refractivity contribution is 0.0980. The van der Waals surface area contributed by atoms with Crippen molar-refractivity contribution >= 4 is 11.6 Å². The van der Waals surface area contributed by atoms with Crippen LogP contribution in [-0.2, 0) is 4.74 Å². The second-order valence-corrected chi connectivity index (χ2v) is 4.00. The average Bonchev–Trinajstić information content (AvgIpc) is 2.34. The van der Waals surface area contributed by atoms with Crippen LogP contribution in [0.5, 0.6) is 5.75 Å². The van der Waals surface area contributed by atoms with E-state index in [-0.39, 0.29) is 0 Å². The zero-order chi connectivity index (χ0) is 12.5. The minimum Gasteiger partial charge on any atom is -0.490 e. The Balaban J connectivity index is 2.36. The zero-order valence-electron chi connectivity index (χ0n) is 9.91. The van der Waals surface area contributed by atoms with Gasteiger partial charge in [-0.1, -0.05) is 24.9 Å². The lowest BCUT2D eigenvalue weighted by Gasteiger charge is -2.08. The molecule has 0 aromatic heterocycles. The van der Waals surface area contributed by atoms with Crippen molar-refractivity contribution < 1.29 is 9.47 Å². The maximum Gasteiger partial charge on any atom is 0.138 e. The highest BCUT2D eigenvalue weighted by Crippen LogP contribution is 2.22. The van der Waals surface area contributed by atoms with E-state index in [1.807, 2.05) is 0 Å². The third kappa shape index (κ3) is 5.08. The third-order valence-corrected chi connectivity index (χ3v) is 2.43. The van der Waals surface area contributed by atoms with E-state index in [2.05, 4.69) is 13.0 Å². The lowest BCUT2D eigenvalue weighted by Crippen LogP contribution is -2.08. The number of ether oxygens (including phenoxy) is 2. The van der Waals surface area contributed by atoms with Gasteiger partial charge in [0.2, 0.25) is 0 Å². The Hall–Kier alpha value is -1.24. The molecule has 1 aromatic rings. The highest BCUT2D eigenvalue weighted by molar-refractivity contribution is 6.30. The number of halogens is 1. The molecule has 0 aliphatic rings. The van der Waals surface area contributed by atoms with Crippen molar-refractivity contribution in [2.45, 2.75) is 19.8 Å². The standard InChI is InChI=1S/C13H16ClNO2/c1-2-3-6-16-7-8-17-13-9-12(14)5-4-11(13)10-15/h4-5,9H,2-3,6-8H2,1H3. The summed E-state index contributed by atoms with van der Waals surface area (Å²) in [5, 5.41) is 9.44. The molecule has 0 saturated carbocycles. The summed E-state index contributed by atoms with van der Waals surface area (Å²) in [6.45, 7) is 3.82. The SMILES string of the molecule is CCCCOCCOc1cc(Cl)ccc1C#N. The predicted octanol–water partition coefficient (Wildman–Crippen LogP) is 3.41. The fraction of sp³-hybridized carbons (Fsp3) is 0.462. The van der Waals surface area contributed by atoms with Gasteiger partial charge in [-0.15, -0.1) is 0 Å². The predicted molar refractivity (Wildman–Crippen MR) is 67.4 cm³/mol. The van der Waals surface area contributed by atoms with Gasteiger partial charge >= 0.3 is 0 Å². The van der Waals surface area contributed by atoms with Gasteiger partial charge in [-0.25, -0.2) is 0 Å². The van der Waals surface area contributed by atoms with Gasteiger partial charge in [-0.2, -0.15) is 5.26 Å². The molecule has 0 atom stereocenters. The molecule has 0 fully saturated rings. The van der Waals surface area contributed by atoms with Crippen molar-refractivity contribution in [3.05, 3.63) is 28.8 Å². The van der Waals surface area contributed by atoms with Crippen molar-refractivity contribution in [2.75, 3.05) is 19.8 Å². The van der Waals surface area contributed by atoms with Crippen LogP contribution in [0.4, 0.5) is 0 Å². The first-order valence-electron chi connectivity index (χ1n) is 5.68. The molecule has 92 valence electrons. The van der Waals surface area contributed by atoms with Crippen LogP contribution in [0.25, 0.3) is 0 Å². The number of hydrogen-bond acceptors (Lipinski definition) is 3. The minimum atomic E-state index is 0.429. The van der Waals surface area contributed by atoms with Gasteiger partial charge in [0.05, 0.1) is 12.2 Å². The molecular formula is C13H16ClNO2. The Morgan fingerprint density at radius 3 is 2.82 bits per heavy atom. The van der Waals surface area contributed by atoms with Crippen molar-refractivity contribution in [3.8, 4) is 11.8 Å². The Morgan fingerprint density at radius 2 is 2.12 bits per heavy atom. The molecule has 0 aliphatic carbocycles. The quantitative estimate of drug-likeness (QED) is 0.700. The van der Waals surface area contributed by atoms with Crippen LogP contribution < -0.4 is 4.74 Å². The first-order chi connectivity index (χ1) is 8.27. The van der Waals surface area contributed by atoms with E-state index >= 15 is 0 Å². The van der Waals surface area contributed by atoms with Gasteiger partial charge in [-0.05, 0) is 18.6 Å². The first-order valence-corrected chi connectivity index (χ1v) is 6.06. The van der Waals surface area contributed by atoms with Gasteiger partial charge < -0.3 is 9.47 Å². The molecule has 4 heteroatoms. The molecule has 0 saturated heterocycles. The average molecular weight is 254 g/mol. The molecule has 0 N–H and O–H groups in total. The number of rotatable bonds is 7. The van der Waals surface area contributed by atoms with Crippen LogP contribution >= 0.6 is 11.6 Å². The van der Waals surface area contributed by atoms with E-state index in [4.69, 9.17) is 26.3 Å². The first kappa shape index (κ1) is 13.8. The van der Waals surface area contributed by atoms with Gasteiger partial charge in [0.15, 0.2) is 0 Å². The summed E-state index contributed by atoms with van der Waals surface area (Å²) in [6, 6.07) is 7.02. The van der Waals surface area contributed by atoms with Crippen molar-refractivity contribution in [2.24, 2.45) is 0 Å². The maximum absolute atomic E-state index is 8.88. The van der Waals surface area contributed by atoms with Gasteiger partial charge in [0, 0.05) is 17.7 Å². The fourth-order valence-corrected chi connectivity index (χ4v) is 1.43. The van der Waals surface area contributed by atoms with Crippen LogP contribution in [0, 0.1) is 11.3 Å². The van der Waals surface area contributed by atoms with Crippen LogP contribution in [0.3, 0.4) is 0 Å². The normalized spacial score (nSPS) is 9.94. The summed E-state index contributed by atoms with van der Waals surface area (Å²) < 4.78 is 10.8. The molecule has 0 heterocycles. The van der Waals surface area contributed by atoms with Crippen LogP contribution in [0.1, 0.15) is 25.3 Å². The summed E-state index contributed by atoms with van der Waals surface area (Å²) in [5.74, 6) is 0.513. The topological polar surface area (TPSA) is 42.2 Å². The van der Waals surface area contributed by atoms with Crippen molar-refractivity contribution in [1.82, 2.24) is 0 Å². The van der Waals surface area contributed by atoms with Gasteiger partial charge in [-0.3, -0.25) is 0 Å². The Labute approximate surface area is 107 Å². The molecule has 0 amide bonds. The molecule has 0 bridgehead atoms. The number of nitrogens with zero attached hydrogens (tertiary/aromatic N) is 1. The smallest absolute Gasteiger partial charge is 0.138 e. The molecule has 0 unspecified atom stereocenters. The molecule has 17 heavy (non-hydrogen) atoms. The van der Waals surface area contributed by atoms with Crippen LogP contribution in [-0.4, -0.2) is 19.8 Å². The minimum absolute atomic E-state index is 0.429. The van der Waals surface area contributed by atoms with E-state index in [1.165, 1.54) is 0 Å². The maximum atomic E-state index is 8.88. The number of unbranched alkanes of at least 4 members (excludes halogenated alkanes) is 1. The van der Waals surface area contributed by atoms with E-state index < -0.39 is 0 Å². The lowest BCUT2D eigenvalue weighted by atomic mass is 10.2. The zero-order valence-corrected chi connectivity index (χ0v) is 10.7. The molecule has 0 spiro atoms. The summed E-state index contributed by atoms with van der Waals surface area (Å²) in [7, 11) is 0. The third-order valence-electron chi connectivity index (χ3n) is 2.19.